The van der Waals surface area contributed by atoms with Gasteiger partial charge in [0.25, 0.3) is 0 Å². The lowest BCUT2D eigenvalue weighted by Crippen LogP contribution is -2.32. The van der Waals surface area contributed by atoms with Gasteiger partial charge in [0, 0.05) is 18.6 Å². The number of nitrogens with one attached hydrogen (secondary N) is 2. The van der Waals surface area contributed by atoms with Crippen LogP contribution in [0, 0.1) is 11.3 Å². The van der Waals surface area contributed by atoms with Crippen molar-refractivity contribution in [2.45, 2.75) is 19.1 Å². The molecular weight excluding hydrogens is 435 g/mol. The number of urea groups is 1. The van der Waals surface area contributed by atoms with Crippen molar-refractivity contribution in [3.8, 4) is 17.5 Å². The van der Waals surface area contributed by atoms with Gasteiger partial charge >= 0.3 is 12.2 Å². The third kappa shape index (κ3) is 5.23. The number of nitrogens with zero attached hydrogens (tertiary/aromatic N) is 5. The summed E-state index contributed by atoms with van der Waals surface area (Å²) in [6, 6.07) is 4.38. The molecule has 0 bridgehead atoms. The van der Waals surface area contributed by atoms with Gasteiger partial charge in [-0.05, 0) is 25.1 Å². The first-order valence-electron chi connectivity index (χ1n) is 8.66. The third-order valence-corrected chi connectivity index (χ3v) is 4.32. The molecule has 3 rings (SSSR count). The van der Waals surface area contributed by atoms with Crippen molar-refractivity contribution in [1.29, 1.82) is 5.26 Å². The Labute approximate surface area is 179 Å². The summed E-state index contributed by atoms with van der Waals surface area (Å²) in [6.45, 7) is 1.64. The first kappa shape index (κ1) is 21.9. The van der Waals surface area contributed by atoms with E-state index in [4.69, 9.17) is 16.9 Å². The molecule has 1 unspecified atom stereocenters. The van der Waals surface area contributed by atoms with E-state index in [9.17, 15) is 18.0 Å². The van der Waals surface area contributed by atoms with Crippen molar-refractivity contribution in [3.05, 3.63) is 65.0 Å². The highest BCUT2D eigenvalue weighted by Gasteiger charge is 2.33. The second-order valence-electron chi connectivity index (χ2n) is 6.20. The lowest BCUT2D eigenvalue weighted by atomic mass is 10.1. The summed E-state index contributed by atoms with van der Waals surface area (Å²) in [5.74, 6) is 0. The van der Waals surface area contributed by atoms with Crippen LogP contribution in [0.2, 0.25) is 5.02 Å². The average Bonchev–Trinajstić information content (AvgIpc) is 2.74. The molecule has 0 radical (unpaired) electrons. The van der Waals surface area contributed by atoms with Crippen molar-refractivity contribution in [1.82, 2.24) is 25.3 Å². The van der Waals surface area contributed by atoms with Crippen molar-refractivity contribution in [3.63, 3.8) is 0 Å². The molecule has 0 saturated heterocycles. The van der Waals surface area contributed by atoms with E-state index in [1.54, 1.807) is 19.1 Å². The largest absolute Gasteiger partial charge is 0.433 e. The number of aromatic nitrogens is 4. The Morgan fingerprint density at radius 1 is 1.16 bits per heavy atom. The molecule has 0 fully saturated rings. The topological polar surface area (TPSA) is 116 Å². The van der Waals surface area contributed by atoms with E-state index < -0.39 is 23.9 Å². The number of amides is 2. The summed E-state index contributed by atoms with van der Waals surface area (Å²) in [6.07, 6.45) is 0.456. The molecule has 3 heterocycles. The molecule has 0 aliphatic rings. The Morgan fingerprint density at radius 2 is 1.90 bits per heavy atom. The first-order valence-corrected chi connectivity index (χ1v) is 9.04. The quantitative estimate of drug-likeness (QED) is 0.613. The van der Waals surface area contributed by atoms with E-state index in [-0.39, 0.29) is 10.7 Å². The molecule has 0 aliphatic carbocycles. The van der Waals surface area contributed by atoms with Crippen LogP contribution in [0.1, 0.15) is 29.9 Å². The minimum absolute atomic E-state index is 0.0903. The maximum Gasteiger partial charge on any atom is 0.433 e. The number of anilines is 1. The van der Waals surface area contributed by atoms with Gasteiger partial charge in [-0.15, -0.1) is 0 Å². The standard InChI is InChI=1S/C19H13ClF3N7O/c1-10(16-17(26-5-4-25-16)13-3-2-11(7-24)8-27-13)29-18(31)30-14-9-28-15(6-12(14)20)19(21,22)23/h2-6,8-10H,1H3,(H2,29,30,31). The van der Waals surface area contributed by atoms with E-state index >= 15 is 0 Å². The fraction of sp³-hybridized carbons (Fsp3) is 0.158. The second-order valence-corrected chi connectivity index (χ2v) is 6.61. The minimum Gasteiger partial charge on any atom is -0.330 e. The zero-order chi connectivity index (χ0) is 22.6. The number of nitriles is 1. The molecule has 0 spiro atoms. The molecule has 12 heteroatoms. The molecule has 8 nitrogen and oxygen atoms in total. The predicted molar refractivity (Wildman–Crippen MR) is 105 cm³/mol. The highest BCUT2D eigenvalue weighted by atomic mass is 35.5. The predicted octanol–water partition coefficient (Wildman–Crippen LogP) is 4.36. The van der Waals surface area contributed by atoms with Crippen molar-refractivity contribution >= 4 is 23.3 Å². The SMILES string of the molecule is CC(NC(=O)Nc1cnc(C(F)(F)F)cc1Cl)c1nccnc1-c1ccc(C#N)cn1. The monoisotopic (exact) mass is 447 g/mol. The third-order valence-electron chi connectivity index (χ3n) is 4.01. The normalized spacial score (nSPS) is 12.0. The van der Waals surface area contributed by atoms with Gasteiger partial charge in [-0.1, -0.05) is 11.6 Å². The number of hydrogen-bond acceptors (Lipinski definition) is 6. The Balaban J connectivity index is 1.76. The summed E-state index contributed by atoms with van der Waals surface area (Å²) in [7, 11) is 0. The van der Waals surface area contributed by atoms with E-state index in [0.717, 1.165) is 6.20 Å². The van der Waals surface area contributed by atoms with E-state index in [1.807, 2.05) is 6.07 Å². The number of pyridine rings is 2. The minimum atomic E-state index is -4.65. The molecule has 0 aliphatic heterocycles. The van der Waals surface area contributed by atoms with Crippen LogP contribution in [0.15, 0.2) is 43.0 Å². The summed E-state index contributed by atoms with van der Waals surface area (Å²) in [4.78, 5) is 28.3. The molecule has 31 heavy (non-hydrogen) atoms. The lowest BCUT2D eigenvalue weighted by molar-refractivity contribution is -0.141. The Kier molecular flexibility index (Phi) is 6.31. The Morgan fingerprint density at radius 3 is 2.52 bits per heavy atom. The van der Waals surface area contributed by atoms with Crippen LogP contribution in [0.4, 0.5) is 23.7 Å². The molecule has 2 N–H and O–H groups in total. The number of hydrogen-bond donors (Lipinski definition) is 2. The van der Waals surface area contributed by atoms with Gasteiger partial charge in [0.2, 0.25) is 0 Å². The summed E-state index contributed by atoms with van der Waals surface area (Å²) >= 11 is 5.83. The molecule has 0 aromatic carbocycles. The van der Waals surface area contributed by atoms with Crippen LogP contribution in [0.3, 0.4) is 0 Å². The summed E-state index contributed by atoms with van der Waals surface area (Å²) in [5.41, 5.74) is 0.358. The van der Waals surface area contributed by atoms with Crippen LogP contribution in [0.25, 0.3) is 11.4 Å². The van der Waals surface area contributed by atoms with Gasteiger partial charge in [0.05, 0.1) is 39.9 Å². The Bertz CT molecular complexity index is 1150. The fourth-order valence-corrected chi connectivity index (χ4v) is 2.76. The van der Waals surface area contributed by atoms with Gasteiger partial charge in [-0.3, -0.25) is 15.0 Å². The maximum absolute atomic E-state index is 12.7. The fourth-order valence-electron chi connectivity index (χ4n) is 2.56. The highest BCUT2D eigenvalue weighted by Crippen LogP contribution is 2.32. The van der Waals surface area contributed by atoms with Gasteiger partial charge in [0.1, 0.15) is 17.5 Å². The van der Waals surface area contributed by atoms with Crippen LogP contribution in [0.5, 0.6) is 0 Å². The molecule has 0 saturated carbocycles. The van der Waals surface area contributed by atoms with Crippen LogP contribution >= 0.6 is 11.6 Å². The molecule has 3 aromatic rings. The number of rotatable bonds is 4. The zero-order valence-corrected chi connectivity index (χ0v) is 16.5. The molecule has 2 amide bonds. The number of alkyl halides is 3. The lowest BCUT2D eigenvalue weighted by Gasteiger charge is -2.17. The van der Waals surface area contributed by atoms with E-state index in [1.165, 1.54) is 18.6 Å². The van der Waals surface area contributed by atoms with Gasteiger partial charge in [-0.25, -0.2) is 9.78 Å². The van der Waals surface area contributed by atoms with E-state index in [2.05, 4.69) is 30.6 Å². The van der Waals surface area contributed by atoms with Crippen LogP contribution in [-0.2, 0) is 6.18 Å². The van der Waals surface area contributed by atoms with Gasteiger partial charge < -0.3 is 10.6 Å². The molecule has 3 aromatic heterocycles. The Hall–Kier alpha value is -3.78. The highest BCUT2D eigenvalue weighted by molar-refractivity contribution is 6.33. The zero-order valence-electron chi connectivity index (χ0n) is 15.8. The van der Waals surface area contributed by atoms with Crippen molar-refractivity contribution < 1.29 is 18.0 Å². The first-order chi connectivity index (χ1) is 14.7. The van der Waals surface area contributed by atoms with Gasteiger partial charge in [0.15, 0.2) is 0 Å². The second kappa shape index (κ2) is 8.93. The van der Waals surface area contributed by atoms with Crippen molar-refractivity contribution in [2.75, 3.05) is 5.32 Å². The van der Waals surface area contributed by atoms with Gasteiger partial charge in [-0.2, -0.15) is 18.4 Å². The number of halogens is 4. The number of carbonyl (C=O) groups is 1. The molecule has 1 atom stereocenters. The molecular formula is C19H13ClF3N7O. The van der Waals surface area contributed by atoms with Crippen LogP contribution < -0.4 is 10.6 Å². The summed E-state index contributed by atoms with van der Waals surface area (Å²) in [5, 5.41) is 13.5. The maximum atomic E-state index is 12.7. The average molecular weight is 448 g/mol. The molecule has 158 valence electrons. The van der Waals surface area contributed by atoms with E-state index in [0.29, 0.717) is 28.7 Å². The van der Waals surface area contributed by atoms with Crippen molar-refractivity contribution in [2.24, 2.45) is 0 Å². The smallest absolute Gasteiger partial charge is 0.330 e. The number of carbonyl (C=O) groups excluding carboxylic acids is 1. The summed E-state index contributed by atoms with van der Waals surface area (Å²) < 4.78 is 38.1. The van der Waals surface area contributed by atoms with Crippen LogP contribution in [-0.4, -0.2) is 26.0 Å².